The minimum atomic E-state index is 0.154. The van der Waals surface area contributed by atoms with Gasteiger partial charge in [-0.15, -0.1) is 0 Å². The number of methoxy groups -OCH3 is 1. The highest BCUT2D eigenvalue weighted by Gasteiger charge is 2.55. The van der Waals surface area contributed by atoms with Crippen molar-refractivity contribution in [2.75, 3.05) is 14.2 Å². The lowest BCUT2D eigenvalue weighted by molar-refractivity contribution is -0.168. The Morgan fingerprint density at radius 2 is 2.00 bits per heavy atom. The van der Waals surface area contributed by atoms with E-state index in [2.05, 4.69) is 13.8 Å². The number of hydrogen-bond donors (Lipinski definition) is 0. The number of ether oxygens (including phenoxy) is 1. The Kier molecular flexibility index (Phi) is 3.77. The fourth-order valence-electron chi connectivity index (χ4n) is 3.00. The van der Waals surface area contributed by atoms with E-state index in [0.717, 1.165) is 19.3 Å². The molecule has 0 spiro atoms. The van der Waals surface area contributed by atoms with Gasteiger partial charge >= 0.3 is 0 Å². The van der Waals surface area contributed by atoms with Crippen molar-refractivity contribution in [1.29, 1.82) is 0 Å². The van der Waals surface area contributed by atoms with Crippen LogP contribution in [0.2, 0.25) is 0 Å². The molecule has 1 rings (SSSR count). The van der Waals surface area contributed by atoms with Gasteiger partial charge in [0.05, 0.1) is 6.10 Å². The molecule has 1 aliphatic carbocycles. The molecule has 1 aliphatic rings. The van der Waals surface area contributed by atoms with Gasteiger partial charge in [0.2, 0.25) is 5.91 Å². The van der Waals surface area contributed by atoms with E-state index in [1.165, 1.54) is 0 Å². The lowest BCUT2D eigenvalue weighted by Crippen LogP contribution is -2.64. The predicted octanol–water partition coefficient (Wildman–Crippen LogP) is 2.06. The smallest absolute Gasteiger partial charge is 0.219 e. The molecule has 0 aliphatic heterocycles. The number of rotatable bonds is 4. The fourth-order valence-corrected chi connectivity index (χ4v) is 3.00. The van der Waals surface area contributed by atoms with Crippen LogP contribution in [0.5, 0.6) is 0 Å². The molecule has 1 amide bonds. The molecule has 88 valence electrons. The molecule has 3 nitrogen and oxygen atoms in total. The maximum atomic E-state index is 11.4. The first-order valence-corrected chi connectivity index (χ1v) is 5.79. The van der Waals surface area contributed by atoms with Gasteiger partial charge in [0.1, 0.15) is 0 Å². The van der Waals surface area contributed by atoms with Gasteiger partial charge in [-0.1, -0.05) is 13.8 Å². The lowest BCUT2D eigenvalue weighted by atomic mass is 9.58. The predicted molar refractivity (Wildman–Crippen MR) is 60.7 cm³/mol. The van der Waals surface area contributed by atoms with Crippen LogP contribution in [0.25, 0.3) is 0 Å². The topological polar surface area (TPSA) is 29.5 Å². The summed E-state index contributed by atoms with van der Waals surface area (Å²) >= 11 is 0. The van der Waals surface area contributed by atoms with E-state index in [1.54, 1.807) is 14.0 Å². The Balaban J connectivity index is 2.81. The lowest BCUT2D eigenvalue weighted by Gasteiger charge is -2.57. The fraction of sp³-hybridized carbons (Fsp3) is 0.917. The molecule has 0 aromatic rings. The second-order valence-corrected chi connectivity index (χ2v) is 4.55. The van der Waals surface area contributed by atoms with Gasteiger partial charge in [-0.25, -0.2) is 0 Å². The minimum Gasteiger partial charge on any atom is -0.381 e. The van der Waals surface area contributed by atoms with Gasteiger partial charge in [-0.3, -0.25) is 4.79 Å². The minimum absolute atomic E-state index is 0.154. The second kappa shape index (κ2) is 4.52. The Morgan fingerprint density at radius 1 is 1.47 bits per heavy atom. The molecular weight excluding hydrogens is 190 g/mol. The van der Waals surface area contributed by atoms with E-state index in [0.29, 0.717) is 12.1 Å². The zero-order chi connectivity index (χ0) is 11.6. The van der Waals surface area contributed by atoms with Gasteiger partial charge in [0.25, 0.3) is 0 Å². The normalized spacial score (nSPS) is 28.3. The highest BCUT2D eigenvalue weighted by atomic mass is 16.5. The molecule has 0 unspecified atom stereocenters. The molecule has 1 fully saturated rings. The van der Waals surface area contributed by atoms with Crippen LogP contribution in [-0.4, -0.2) is 37.1 Å². The van der Waals surface area contributed by atoms with Crippen molar-refractivity contribution in [2.24, 2.45) is 5.41 Å². The number of carbonyl (C=O) groups is 1. The first kappa shape index (κ1) is 12.5. The van der Waals surface area contributed by atoms with E-state index < -0.39 is 0 Å². The van der Waals surface area contributed by atoms with Gasteiger partial charge in [0.15, 0.2) is 0 Å². The first-order valence-electron chi connectivity index (χ1n) is 5.79. The van der Waals surface area contributed by atoms with Gasteiger partial charge < -0.3 is 9.64 Å². The third-order valence-corrected chi connectivity index (χ3v) is 4.31. The Bertz CT molecular complexity index is 236. The Hall–Kier alpha value is -0.570. The van der Waals surface area contributed by atoms with Crippen LogP contribution in [0, 0.1) is 5.41 Å². The SMILES string of the molecule is CCC1(CC)[C@@H](OC)C[C@H]1N(C)C(C)=O. The average molecular weight is 213 g/mol. The monoisotopic (exact) mass is 213 g/mol. The first-order chi connectivity index (χ1) is 7.03. The standard InChI is InChI=1S/C12H23NO2/c1-6-12(7-2)10(8-11(12)15-5)13(4)9(3)14/h10-11H,6-8H2,1-5H3/t10-,11+/m1/s1. The summed E-state index contributed by atoms with van der Waals surface area (Å²) in [6.07, 6.45) is 3.45. The van der Waals surface area contributed by atoms with Crippen molar-refractivity contribution >= 4 is 5.91 Å². The number of carbonyl (C=O) groups excluding carboxylic acids is 1. The van der Waals surface area contributed by atoms with Crippen molar-refractivity contribution in [3.63, 3.8) is 0 Å². The van der Waals surface area contributed by atoms with Crippen LogP contribution in [0.1, 0.15) is 40.0 Å². The van der Waals surface area contributed by atoms with Crippen LogP contribution >= 0.6 is 0 Å². The molecule has 15 heavy (non-hydrogen) atoms. The Labute approximate surface area is 92.8 Å². The zero-order valence-electron chi connectivity index (χ0n) is 10.5. The van der Waals surface area contributed by atoms with Crippen molar-refractivity contribution in [2.45, 2.75) is 52.2 Å². The van der Waals surface area contributed by atoms with Gasteiger partial charge in [-0.05, 0) is 19.3 Å². The van der Waals surface area contributed by atoms with Gasteiger partial charge in [0, 0.05) is 32.5 Å². The van der Waals surface area contributed by atoms with Crippen LogP contribution in [0.4, 0.5) is 0 Å². The largest absolute Gasteiger partial charge is 0.381 e. The summed E-state index contributed by atoms with van der Waals surface area (Å²) in [5, 5.41) is 0. The molecule has 3 heteroatoms. The maximum absolute atomic E-state index is 11.4. The van der Waals surface area contributed by atoms with E-state index in [4.69, 9.17) is 4.74 Å². The highest BCUT2D eigenvalue weighted by Crippen LogP contribution is 2.50. The van der Waals surface area contributed by atoms with Crippen molar-refractivity contribution in [3.05, 3.63) is 0 Å². The van der Waals surface area contributed by atoms with Crippen molar-refractivity contribution < 1.29 is 9.53 Å². The van der Waals surface area contributed by atoms with Crippen LogP contribution in [0.15, 0.2) is 0 Å². The van der Waals surface area contributed by atoms with E-state index >= 15 is 0 Å². The van der Waals surface area contributed by atoms with E-state index in [9.17, 15) is 4.79 Å². The third-order valence-electron chi connectivity index (χ3n) is 4.31. The average Bonchev–Trinajstić information content (AvgIpc) is 2.19. The molecule has 0 saturated heterocycles. The van der Waals surface area contributed by atoms with E-state index in [-0.39, 0.29) is 11.3 Å². The molecule has 1 saturated carbocycles. The summed E-state index contributed by atoms with van der Waals surface area (Å²) in [7, 11) is 3.67. The molecule has 0 radical (unpaired) electrons. The summed E-state index contributed by atoms with van der Waals surface area (Å²) < 4.78 is 5.51. The molecule has 0 bridgehead atoms. The Morgan fingerprint density at radius 3 is 2.33 bits per heavy atom. The second-order valence-electron chi connectivity index (χ2n) is 4.55. The summed E-state index contributed by atoms with van der Waals surface area (Å²) in [5.41, 5.74) is 0.176. The number of amides is 1. The molecular formula is C12H23NO2. The van der Waals surface area contributed by atoms with Gasteiger partial charge in [-0.2, -0.15) is 0 Å². The molecule has 0 aromatic heterocycles. The third kappa shape index (κ3) is 1.78. The van der Waals surface area contributed by atoms with E-state index in [1.807, 2.05) is 11.9 Å². The summed E-state index contributed by atoms with van der Waals surface area (Å²) in [4.78, 5) is 13.3. The van der Waals surface area contributed by atoms with Crippen LogP contribution in [0.3, 0.4) is 0 Å². The zero-order valence-corrected chi connectivity index (χ0v) is 10.5. The van der Waals surface area contributed by atoms with Crippen molar-refractivity contribution in [3.8, 4) is 0 Å². The number of nitrogens with zero attached hydrogens (tertiary/aromatic N) is 1. The summed E-state index contributed by atoms with van der Waals surface area (Å²) in [5.74, 6) is 0.154. The maximum Gasteiger partial charge on any atom is 0.219 e. The molecule has 0 aromatic carbocycles. The quantitative estimate of drug-likeness (QED) is 0.715. The van der Waals surface area contributed by atoms with Crippen LogP contribution in [-0.2, 0) is 9.53 Å². The highest BCUT2D eigenvalue weighted by molar-refractivity contribution is 5.73. The summed E-state index contributed by atoms with van der Waals surface area (Å²) in [6, 6.07) is 0.356. The molecule has 0 heterocycles. The number of hydrogen-bond acceptors (Lipinski definition) is 2. The summed E-state index contributed by atoms with van der Waals surface area (Å²) in [6.45, 7) is 6.02. The van der Waals surface area contributed by atoms with Crippen molar-refractivity contribution in [1.82, 2.24) is 4.90 Å². The molecule has 0 N–H and O–H groups in total. The molecule has 2 atom stereocenters. The van der Waals surface area contributed by atoms with Crippen LogP contribution < -0.4 is 0 Å².